The summed E-state index contributed by atoms with van der Waals surface area (Å²) in [6, 6.07) is 7.83. The Hall–Kier alpha value is -3.65. The third-order valence-electron chi connectivity index (χ3n) is 11.6. The molecule has 1 saturated carbocycles. The van der Waals surface area contributed by atoms with Crippen LogP contribution < -0.4 is 14.2 Å². The van der Waals surface area contributed by atoms with Gasteiger partial charge in [-0.3, -0.25) is 0 Å². The summed E-state index contributed by atoms with van der Waals surface area (Å²) in [7, 11) is 1.67. The normalized spacial score (nSPS) is 19.5. The standard InChI is InChI=1S/C47H68ClN3O9/c1-34(2)11-14-39-40(52)28-36(13-12-35-27-37-31-43-46(3,4)44(53)15-16-47(43,5)60-45(37)42(30-35)54-6)29-41(39)59-26-25-58-33-38-32-51(50-49-38)18-20-56-22-24-57-23-21-55-19-10-8-7-9-17-48/h11-13,27-30,32,43-44,52-53H,7-10,14-26,31,33H2,1-6H3/b13-12+/t43-,44-,47-/m1/s1. The second-order valence-corrected chi connectivity index (χ2v) is 17.3. The number of alkyl halides is 1. The number of phenolic OH excluding ortho intramolecular Hbond substituents is 1. The van der Waals surface area contributed by atoms with Crippen molar-refractivity contribution >= 4 is 23.8 Å². The summed E-state index contributed by atoms with van der Waals surface area (Å²) < 4.78 is 43.3. The fraction of sp³-hybridized carbons (Fsp3) is 0.617. The number of aromatic nitrogens is 3. The third kappa shape index (κ3) is 13.7. The number of aliphatic hydroxyl groups is 1. The minimum atomic E-state index is -0.375. The van der Waals surface area contributed by atoms with Gasteiger partial charge in [0.2, 0.25) is 0 Å². The first-order chi connectivity index (χ1) is 28.9. The monoisotopic (exact) mass is 853 g/mol. The van der Waals surface area contributed by atoms with E-state index in [1.165, 1.54) is 0 Å². The van der Waals surface area contributed by atoms with Crippen molar-refractivity contribution in [1.29, 1.82) is 0 Å². The van der Waals surface area contributed by atoms with E-state index in [0.29, 0.717) is 88.4 Å². The van der Waals surface area contributed by atoms with E-state index in [1.807, 2.05) is 44.3 Å². The zero-order valence-corrected chi connectivity index (χ0v) is 37.4. The minimum Gasteiger partial charge on any atom is -0.507 e. The number of phenols is 1. The van der Waals surface area contributed by atoms with Gasteiger partial charge in [0.05, 0.1) is 72.2 Å². The Morgan fingerprint density at radius 3 is 2.30 bits per heavy atom. The molecule has 2 heterocycles. The Bertz CT molecular complexity index is 1840. The van der Waals surface area contributed by atoms with Gasteiger partial charge in [0, 0.05) is 24.0 Å². The molecule has 0 bridgehead atoms. The lowest BCUT2D eigenvalue weighted by atomic mass is 9.57. The summed E-state index contributed by atoms with van der Waals surface area (Å²) in [4.78, 5) is 0. The Morgan fingerprint density at radius 2 is 1.57 bits per heavy atom. The van der Waals surface area contributed by atoms with E-state index >= 15 is 0 Å². The molecule has 5 rings (SSSR count). The van der Waals surface area contributed by atoms with Gasteiger partial charge in [-0.1, -0.05) is 55.7 Å². The molecule has 3 aromatic rings. The molecule has 332 valence electrons. The molecule has 1 fully saturated rings. The maximum Gasteiger partial charge on any atom is 0.165 e. The lowest BCUT2D eigenvalue weighted by molar-refractivity contribution is -0.138. The number of fused-ring (bicyclic) bond motifs is 2. The van der Waals surface area contributed by atoms with E-state index < -0.39 is 0 Å². The summed E-state index contributed by atoms with van der Waals surface area (Å²) >= 11 is 5.70. The Morgan fingerprint density at radius 1 is 0.883 bits per heavy atom. The minimum absolute atomic E-state index is 0.151. The highest BCUT2D eigenvalue weighted by Crippen LogP contribution is 2.55. The van der Waals surface area contributed by atoms with Crippen LogP contribution in [0.1, 0.15) is 101 Å². The van der Waals surface area contributed by atoms with Crippen molar-refractivity contribution in [1.82, 2.24) is 15.0 Å². The summed E-state index contributed by atoms with van der Waals surface area (Å²) in [6.45, 7) is 15.4. The van der Waals surface area contributed by atoms with Gasteiger partial charge in [0.25, 0.3) is 0 Å². The molecule has 1 aromatic heterocycles. The number of hydrogen-bond acceptors (Lipinski definition) is 11. The van der Waals surface area contributed by atoms with E-state index in [9.17, 15) is 10.2 Å². The number of allylic oxidation sites excluding steroid dienone is 2. The molecule has 0 amide bonds. The van der Waals surface area contributed by atoms with Crippen molar-refractivity contribution in [2.45, 2.75) is 111 Å². The fourth-order valence-electron chi connectivity index (χ4n) is 8.08. The molecule has 60 heavy (non-hydrogen) atoms. The van der Waals surface area contributed by atoms with Gasteiger partial charge in [-0.2, -0.15) is 0 Å². The van der Waals surface area contributed by atoms with E-state index in [2.05, 4.69) is 43.2 Å². The molecule has 2 N–H and O–H groups in total. The first-order valence-corrected chi connectivity index (χ1v) is 22.1. The molecule has 0 spiro atoms. The molecule has 0 unspecified atom stereocenters. The highest BCUT2D eigenvalue weighted by molar-refractivity contribution is 6.17. The van der Waals surface area contributed by atoms with Crippen LogP contribution in [0.15, 0.2) is 42.1 Å². The molecular weight excluding hydrogens is 786 g/mol. The summed E-state index contributed by atoms with van der Waals surface area (Å²) in [5, 5.41) is 30.5. The van der Waals surface area contributed by atoms with Crippen molar-refractivity contribution in [3.05, 3.63) is 70.1 Å². The number of methoxy groups -OCH3 is 1. The van der Waals surface area contributed by atoms with E-state index in [1.54, 1.807) is 17.9 Å². The zero-order valence-electron chi connectivity index (χ0n) is 36.7. The van der Waals surface area contributed by atoms with Crippen molar-refractivity contribution in [3.8, 4) is 23.0 Å². The second-order valence-electron chi connectivity index (χ2n) is 16.9. The topological polar surface area (TPSA) is 136 Å². The number of halogens is 1. The second kappa shape index (κ2) is 23.5. The average molecular weight is 855 g/mol. The predicted molar refractivity (Wildman–Crippen MR) is 235 cm³/mol. The number of rotatable bonds is 26. The van der Waals surface area contributed by atoms with Crippen molar-refractivity contribution in [3.63, 3.8) is 0 Å². The SMILES string of the molecule is COc1cc(/C=C/c2cc(O)c(CC=C(C)C)c(OCCOCc3cn(CCOCCOCCOCCCCCCCl)nn3)c2)cc2c1O[C@]1(C)CC[C@@H](O)C(C)(C)[C@H]1C2. The summed E-state index contributed by atoms with van der Waals surface area (Å²) in [6.07, 6.45) is 14.8. The number of aliphatic hydroxyl groups excluding tert-OH is 1. The quantitative estimate of drug-likeness (QED) is 0.0348. The summed E-state index contributed by atoms with van der Waals surface area (Å²) in [5.74, 6) is 3.11. The molecular formula is C47H68ClN3O9. The van der Waals surface area contributed by atoms with Crippen LogP contribution >= 0.6 is 11.6 Å². The third-order valence-corrected chi connectivity index (χ3v) is 11.9. The largest absolute Gasteiger partial charge is 0.507 e. The zero-order chi connectivity index (χ0) is 43.0. The lowest BCUT2D eigenvalue weighted by Gasteiger charge is -2.55. The average Bonchev–Trinajstić information content (AvgIpc) is 3.68. The van der Waals surface area contributed by atoms with Crippen molar-refractivity contribution in [2.75, 3.05) is 65.8 Å². The molecule has 13 heteroatoms. The molecule has 1 aliphatic heterocycles. The van der Waals surface area contributed by atoms with Gasteiger partial charge in [-0.25, -0.2) is 4.68 Å². The first kappa shape index (κ1) is 47.4. The summed E-state index contributed by atoms with van der Waals surface area (Å²) in [5.41, 5.74) is 4.72. The number of unbranched alkanes of at least 4 members (excludes halogenated alkanes) is 3. The molecule has 12 nitrogen and oxygen atoms in total. The number of nitrogens with zero attached hydrogens (tertiary/aromatic N) is 3. The van der Waals surface area contributed by atoms with E-state index in [-0.39, 0.29) is 35.4 Å². The number of benzene rings is 2. The van der Waals surface area contributed by atoms with Crippen molar-refractivity contribution in [2.24, 2.45) is 11.3 Å². The van der Waals surface area contributed by atoms with Crippen LogP contribution in [-0.4, -0.2) is 103 Å². The maximum absolute atomic E-state index is 11.2. The van der Waals surface area contributed by atoms with Gasteiger partial charge in [0.15, 0.2) is 11.5 Å². The highest BCUT2D eigenvalue weighted by atomic mass is 35.5. The predicted octanol–water partition coefficient (Wildman–Crippen LogP) is 8.61. The molecule has 0 radical (unpaired) electrons. The molecule has 3 atom stereocenters. The van der Waals surface area contributed by atoms with E-state index in [4.69, 9.17) is 44.8 Å². The van der Waals surface area contributed by atoms with Gasteiger partial charge < -0.3 is 43.4 Å². The fourth-order valence-corrected chi connectivity index (χ4v) is 8.26. The smallest absolute Gasteiger partial charge is 0.165 e. The van der Waals surface area contributed by atoms with Crippen LogP contribution in [0.25, 0.3) is 12.2 Å². The van der Waals surface area contributed by atoms with Gasteiger partial charge in [-0.15, -0.1) is 16.7 Å². The van der Waals surface area contributed by atoms with Crippen LogP contribution in [0, 0.1) is 11.3 Å². The molecule has 1 aliphatic carbocycles. The number of aromatic hydroxyl groups is 1. The van der Waals surface area contributed by atoms with Gasteiger partial charge in [-0.05, 0) is 106 Å². The van der Waals surface area contributed by atoms with Crippen LogP contribution in [0.4, 0.5) is 0 Å². The number of hydrogen-bond donors (Lipinski definition) is 2. The Balaban J connectivity index is 1.09. The van der Waals surface area contributed by atoms with Gasteiger partial charge >= 0.3 is 0 Å². The molecule has 2 aromatic carbocycles. The van der Waals surface area contributed by atoms with Crippen LogP contribution in [0.2, 0.25) is 0 Å². The maximum atomic E-state index is 11.2. The molecule has 0 saturated heterocycles. The highest BCUT2D eigenvalue weighted by Gasteiger charge is 2.54. The van der Waals surface area contributed by atoms with Crippen LogP contribution in [-0.2, 0) is 44.9 Å². The van der Waals surface area contributed by atoms with Gasteiger partial charge in [0.1, 0.15) is 29.4 Å². The Kier molecular flexibility index (Phi) is 18.6. The Labute approximate surface area is 362 Å². The number of ether oxygens (including phenoxy) is 7. The van der Waals surface area contributed by atoms with E-state index in [0.717, 1.165) is 79.0 Å². The van der Waals surface area contributed by atoms with Crippen LogP contribution in [0.3, 0.4) is 0 Å². The first-order valence-electron chi connectivity index (χ1n) is 21.6. The molecule has 2 aliphatic rings. The van der Waals surface area contributed by atoms with Crippen LogP contribution in [0.5, 0.6) is 23.0 Å². The lowest BCUT2D eigenvalue weighted by Crippen LogP contribution is -2.58. The van der Waals surface area contributed by atoms with Crippen molar-refractivity contribution < 1.29 is 43.4 Å².